The smallest absolute Gasteiger partial charge is 0.360 e. The Morgan fingerprint density at radius 2 is 1.44 bits per heavy atom. The molecule has 1 N–H and O–H groups in total. The van der Waals surface area contributed by atoms with Gasteiger partial charge in [0.1, 0.15) is 0 Å². The summed E-state index contributed by atoms with van der Waals surface area (Å²) in [5, 5.41) is 2.27. The lowest BCUT2D eigenvalue weighted by Crippen LogP contribution is -2.51. The van der Waals surface area contributed by atoms with E-state index in [2.05, 4.69) is 23.2 Å². The first-order valence-electron chi connectivity index (χ1n) is 5.66. The van der Waals surface area contributed by atoms with Crippen molar-refractivity contribution >= 4 is 25.4 Å². The predicted octanol–water partition coefficient (Wildman–Crippen LogP) is 2.63. The maximum atomic E-state index is 5.37. The highest BCUT2D eigenvalue weighted by atomic mass is 28.4. The summed E-state index contributed by atoms with van der Waals surface area (Å²) in [4.78, 5) is 3.26. The summed E-state index contributed by atoms with van der Waals surface area (Å²) in [6, 6.07) is 14.2. The largest absolute Gasteiger partial charge is 0.630 e. The second-order valence-corrected chi connectivity index (χ2v) is 6.41. The van der Waals surface area contributed by atoms with Gasteiger partial charge in [-0.15, -0.1) is 0 Å². The Labute approximate surface area is 108 Å². The molecule has 0 bridgehead atoms. The summed E-state index contributed by atoms with van der Waals surface area (Å²) in [5.41, 5.74) is 0.949. The van der Waals surface area contributed by atoms with E-state index in [1.165, 1.54) is 0 Å². The third kappa shape index (κ3) is 2.39. The molecule has 0 unspecified atom stereocenters. The number of nitrogens with one attached hydrogen (secondary N) is 1. The van der Waals surface area contributed by atoms with E-state index in [-0.39, 0.29) is 0 Å². The van der Waals surface area contributed by atoms with Crippen LogP contribution in [0.15, 0.2) is 42.5 Å². The molecule has 0 aliphatic heterocycles. The molecule has 18 heavy (non-hydrogen) atoms. The topological polar surface area (TPSA) is 39.7 Å². The number of benzene rings is 2. The van der Waals surface area contributed by atoms with Crippen LogP contribution >= 0.6 is 0 Å². The van der Waals surface area contributed by atoms with Crippen LogP contribution in [0.5, 0.6) is 0 Å². The SMILES string of the molecule is CO[Si](Nc1cccc2ccccc12)(OC)OC. The van der Waals surface area contributed by atoms with Crippen LogP contribution in [0.4, 0.5) is 5.69 Å². The highest BCUT2D eigenvalue weighted by Gasteiger charge is 2.40. The Morgan fingerprint density at radius 3 is 2.11 bits per heavy atom. The number of hydrogen-bond acceptors (Lipinski definition) is 4. The van der Waals surface area contributed by atoms with Gasteiger partial charge in [0.05, 0.1) is 0 Å². The molecule has 0 aliphatic carbocycles. The van der Waals surface area contributed by atoms with Gasteiger partial charge in [0.2, 0.25) is 0 Å². The molecule has 4 nitrogen and oxygen atoms in total. The van der Waals surface area contributed by atoms with Crippen LogP contribution in [0, 0.1) is 0 Å². The molecule has 0 aliphatic rings. The number of hydrogen-bond donors (Lipinski definition) is 1. The van der Waals surface area contributed by atoms with Crippen molar-refractivity contribution in [2.24, 2.45) is 0 Å². The van der Waals surface area contributed by atoms with Crippen molar-refractivity contribution < 1.29 is 13.3 Å². The zero-order valence-electron chi connectivity index (χ0n) is 10.8. The van der Waals surface area contributed by atoms with Crippen LogP contribution in [-0.2, 0) is 13.3 Å². The van der Waals surface area contributed by atoms with Crippen LogP contribution in [0.3, 0.4) is 0 Å². The van der Waals surface area contributed by atoms with Gasteiger partial charge in [-0.2, -0.15) is 0 Å². The van der Waals surface area contributed by atoms with Gasteiger partial charge in [-0.25, -0.2) is 0 Å². The molecule has 0 heterocycles. The minimum absolute atomic E-state index is 0.949. The summed E-state index contributed by atoms with van der Waals surface area (Å²) < 4.78 is 16.1. The quantitative estimate of drug-likeness (QED) is 0.842. The molecule has 2 aromatic rings. The van der Waals surface area contributed by atoms with E-state index in [0.717, 1.165) is 16.5 Å². The summed E-state index contributed by atoms with van der Waals surface area (Å²) in [5.74, 6) is 0. The van der Waals surface area contributed by atoms with Gasteiger partial charge >= 0.3 is 8.97 Å². The van der Waals surface area contributed by atoms with Crippen molar-refractivity contribution in [1.29, 1.82) is 0 Å². The standard InChI is InChI=1S/C13H17NO3Si/c1-15-18(16-2,17-3)14-13-10-6-8-11-7-4-5-9-12(11)13/h4-10,14H,1-3H3. The Balaban J connectivity index is 2.42. The van der Waals surface area contributed by atoms with Crippen molar-refractivity contribution in [1.82, 2.24) is 0 Å². The van der Waals surface area contributed by atoms with Crippen molar-refractivity contribution in [3.05, 3.63) is 42.5 Å². The van der Waals surface area contributed by atoms with Crippen LogP contribution in [0.1, 0.15) is 0 Å². The Kier molecular flexibility index (Phi) is 3.98. The lowest BCUT2D eigenvalue weighted by molar-refractivity contribution is 0.132. The highest BCUT2D eigenvalue weighted by molar-refractivity contribution is 6.64. The molecule has 5 heteroatoms. The Hall–Kier alpha value is -1.40. The van der Waals surface area contributed by atoms with Crippen molar-refractivity contribution in [2.75, 3.05) is 26.3 Å². The predicted molar refractivity (Wildman–Crippen MR) is 74.4 cm³/mol. The fraction of sp³-hybridized carbons (Fsp3) is 0.231. The first-order valence-corrected chi connectivity index (χ1v) is 7.38. The normalized spacial score (nSPS) is 11.7. The average Bonchev–Trinajstić information content (AvgIpc) is 2.45. The first kappa shape index (κ1) is 13.0. The van der Waals surface area contributed by atoms with Gasteiger partial charge in [-0.05, 0) is 11.5 Å². The Bertz CT molecular complexity index is 515. The van der Waals surface area contributed by atoms with E-state index in [1.54, 1.807) is 21.3 Å². The minimum Gasteiger partial charge on any atom is -0.360 e. The Morgan fingerprint density at radius 1 is 0.833 bits per heavy atom. The number of fused-ring (bicyclic) bond motifs is 1. The third-order valence-corrected chi connectivity index (χ3v) is 5.07. The zero-order chi connectivity index (χ0) is 13.0. The molecule has 0 saturated carbocycles. The van der Waals surface area contributed by atoms with Crippen LogP contribution < -0.4 is 4.98 Å². The minimum atomic E-state index is -2.83. The monoisotopic (exact) mass is 263 g/mol. The van der Waals surface area contributed by atoms with E-state index >= 15 is 0 Å². The second kappa shape index (κ2) is 5.49. The molecule has 0 atom stereocenters. The van der Waals surface area contributed by atoms with Gasteiger partial charge in [0.15, 0.2) is 0 Å². The van der Waals surface area contributed by atoms with E-state index < -0.39 is 8.97 Å². The molecule has 96 valence electrons. The van der Waals surface area contributed by atoms with Gasteiger partial charge in [0, 0.05) is 32.4 Å². The molecular weight excluding hydrogens is 246 g/mol. The number of anilines is 1. The van der Waals surface area contributed by atoms with Crippen molar-refractivity contribution in [2.45, 2.75) is 0 Å². The van der Waals surface area contributed by atoms with Gasteiger partial charge < -0.3 is 18.3 Å². The molecular formula is C13H17NO3Si. The number of rotatable bonds is 5. The van der Waals surface area contributed by atoms with E-state index in [4.69, 9.17) is 13.3 Å². The van der Waals surface area contributed by atoms with Gasteiger partial charge in [0.25, 0.3) is 0 Å². The van der Waals surface area contributed by atoms with E-state index in [1.807, 2.05) is 24.3 Å². The highest BCUT2D eigenvalue weighted by Crippen LogP contribution is 2.25. The lowest BCUT2D eigenvalue weighted by atomic mass is 10.1. The summed E-state index contributed by atoms with van der Waals surface area (Å²) in [6.45, 7) is 0. The van der Waals surface area contributed by atoms with Gasteiger partial charge in [-0.1, -0.05) is 36.4 Å². The van der Waals surface area contributed by atoms with Gasteiger partial charge in [-0.3, -0.25) is 0 Å². The molecule has 2 rings (SSSR count). The molecule has 0 fully saturated rings. The van der Waals surface area contributed by atoms with E-state index in [0.29, 0.717) is 0 Å². The zero-order valence-corrected chi connectivity index (χ0v) is 11.8. The molecule has 2 aromatic carbocycles. The molecule has 0 aromatic heterocycles. The van der Waals surface area contributed by atoms with Crippen molar-refractivity contribution in [3.63, 3.8) is 0 Å². The molecule has 0 spiro atoms. The summed E-state index contributed by atoms with van der Waals surface area (Å²) >= 11 is 0. The van der Waals surface area contributed by atoms with Crippen LogP contribution in [-0.4, -0.2) is 30.3 Å². The first-order chi connectivity index (χ1) is 8.74. The second-order valence-electron chi connectivity index (χ2n) is 3.82. The lowest BCUT2D eigenvalue weighted by Gasteiger charge is -2.25. The van der Waals surface area contributed by atoms with Crippen molar-refractivity contribution in [3.8, 4) is 0 Å². The van der Waals surface area contributed by atoms with Crippen LogP contribution in [0.2, 0.25) is 0 Å². The fourth-order valence-corrected chi connectivity index (χ4v) is 3.26. The average molecular weight is 263 g/mol. The van der Waals surface area contributed by atoms with Crippen LogP contribution in [0.25, 0.3) is 10.8 Å². The molecule has 0 saturated heterocycles. The maximum Gasteiger partial charge on any atom is 0.630 e. The van der Waals surface area contributed by atoms with E-state index in [9.17, 15) is 0 Å². The maximum absolute atomic E-state index is 5.37. The summed E-state index contributed by atoms with van der Waals surface area (Å²) in [7, 11) is 1.92. The molecule has 0 amide bonds. The molecule has 0 radical (unpaired) electrons. The third-order valence-electron chi connectivity index (χ3n) is 2.88. The summed E-state index contributed by atoms with van der Waals surface area (Å²) in [6.07, 6.45) is 0. The fourth-order valence-electron chi connectivity index (χ4n) is 1.90.